The molecule has 2 rings (SSSR count). The maximum absolute atomic E-state index is 12.6. The Morgan fingerprint density at radius 3 is 2.43 bits per heavy atom. The second-order valence-electron chi connectivity index (χ2n) is 5.78. The molecule has 148 valence electrons. The van der Waals surface area contributed by atoms with Gasteiger partial charge in [-0.2, -0.15) is 13.2 Å². The van der Waals surface area contributed by atoms with Crippen LogP contribution in [-0.2, 0) is 22.2 Å². The number of carbonyl (C=O) groups excluding carboxylic acids is 2. The lowest BCUT2D eigenvalue weighted by atomic mass is 10.1. The minimum Gasteiger partial charge on any atom is -0.484 e. The number of aryl methyl sites for hydroxylation is 1. The van der Waals surface area contributed by atoms with E-state index in [1.807, 2.05) is 19.1 Å². The molecular formula is C20H19F3N2O3. The molecule has 2 aromatic carbocycles. The zero-order chi connectivity index (χ0) is 20.6. The molecule has 0 saturated heterocycles. The minimum atomic E-state index is -4.46. The fourth-order valence-corrected chi connectivity index (χ4v) is 2.17. The number of nitrogens with one attached hydrogen (secondary N) is 2. The van der Waals surface area contributed by atoms with Crippen LogP contribution >= 0.6 is 0 Å². The van der Waals surface area contributed by atoms with Crippen molar-refractivity contribution in [2.24, 2.45) is 0 Å². The van der Waals surface area contributed by atoms with Crippen molar-refractivity contribution in [2.45, 2.75) is 19.5 Å². The summed E-state index contributed by atoms with van der Waals surface area (Å²) in [6.07, 6.45) is -1.35. The smallest absolute Gasteiger partial charge is 0.416 e. The molecule has 0 bridgehead atoms. The van der Waals surface area contributed by atoms with E-state index in [2.05, 4.69) is 10.9 Å². The Kier molecular flexibility index (Phi) is 7.20. The zero-order valence-electron chi connectivity index (χ0n) is 15.0. The maximum atomic E-state index is 12.6. The van der Waals surface area contributed by atoms with Crippen molar-refractivity contribution in [3.05, 3.63) is 71.3 Å². The number of hydrazine groups is 1. The number of rotatable bonds is 6. The van der Waals surface area contributed by atoms with E-state index in [4.69, 9.17) is 4.74 Å². The number of halogens is 3. The molecule has 8 heteroatoms. The van der Waals surface area contributed by atoms with E-state index in [1.165, 1.54) is 18.2 Å². The van der Waals surface area contributed by atoms with Gasteiger partial charge in [0.1, 0.15) is 5.75 Å². The quantitative estimate of drug-likeness (QED) is 0.584. The summed E-state index contributed by atoms with van der Waals surface area (Å²) in [4.78, 5) is 23.3. The molecule has 0 aliphatic carbocycles. The minimum absolute atomic E-state index is 0.204. The summed E-state index contributed by atoms with van der Waals surface area (Å²) in [5.41, 5.74) is 4.80. The third-order valence-corrected chi connectivity index (χ3v) is 3.67. The van der Waals surface area contributed by atoms with Crippen LogP contribution in [0.1, 0.15) is 23.6 Å². The van der Waals surface area contributed by atoms with Crippen molar-refractivity contribution in [3.63, 3.8) is 0 Å². The van der Waals surface area contributed by atoms with Crippen molar-refractivity contribution < 1.29 is 27.5 Å². The molecule has 5 nitrogen and oxygen atoms in total. The molecule has 2 amide bonds. The molecule has 28 heavy (non-hydrogen) atoms. The van der Waals surface area contributed by atoms with Crippen LogP contribution in [0.15, 0.2) is 54.6 Å². The van der Waals surface area contributed by atoms with Gasteiger partial charge in [0.2, 0.25) is 0 Å². The Morgan fingerprint density at radius 2 is 1.79 bits per heavy atom. The van der Waals surface area contributed by atoms with E-state index >= 15 is 0 Å². The van der Waals surface area contributed by atoms with Crippen molar-refractivity contribution >= 4 is 17.9 Å². The molecule has 0 heterocycles. The summed E-state index contributed by atoms with van der Waals surface area (Å²) in [7, 11) is 0. The normalized spacial score (nSPS) is 11.3. The Labute approximate surface area is 160 Å². The van der Waals surface area contributed by atoms with Crippen molar-refractivity contribution in [1.82, 2.24) is 10.9 Å². The molecule has 0 aliphatic rings. The van der Waals surface area contributed by atoms with Gasteiger partial charge in [-0.15, -0.1) is 0 Å². The van der Waals surface area contributed by atoms with Crippen LogP contribution in [0.2, 0.25) is 0 Å². The molecular weight excluding hydrogens is 373 g/mol. The monoisotopic (exact) mass is 392 g/mol. The highest BCUT2D eigenvalue weighted by Gasteiger charge is 2.30. The van der Waals surface area contributed by atoms with Gasteiger partial charge in [-0.3, -0.25) is 20.4 Å². The summed E-state index contributed by atoms with van der Waals surface area (Å²) in [6, 6.07) is 11.8. The fourth-order valence-electron chi connectivity index (χ4n) is 2.17. The van der Waals surface area contributed by atoms with E-state index < -0.39 is 23.6 Å². The Balaban J connectivity index is 1.78. The molecule has 0 atom stereocenters. The van der Waals surface area contributed by atoms with Crippen molar-refractivity contribution in [1.29, 1.82) is 0 Å². The van der Waals surface area contributed by atoms with Gasteiger partial charge < -0.3 is 4.74 Å². The second-order valence-corrected chi connectivity index (χ2v) is 5.78. The van der Waals surface area contributed by atoms with Crippen LogP contribution < -0.4 is 15.6 Å². The van der Waals surface area contributed by atoms with Gasteiger partial charge in [-0.25, -0.2) is 0 Å². The van der Waals surface area contributed by atoms with Gasteiger partial charge >= 0.3 is 6.18 Å². The van der Waals surface area contributed by atoms with Crippen LogP contribution in [0.5, 0.6) is 5.75 Å². The molecule has 0 spiro atoms. The molecule has 2 N–H and O–H groups in total. The number of benzene rings is 2. The SMILES string of the molecule is CCc1ccc(OCC(=O)NNC(=O)/C=C/c2cccc(C(F)(F)F)c2)cc1. The van der Waals surface area contributed by atoms with Gasteiger partial charge in [0.05, 0.1) is 5.56 Å². The third kappa shape index (κ3) is 6.79. The highest BCUT2D eigenvalue weighted by Crippen LogP contribution is 2.29. The summed E-state index contributed by atoms with van der Waals surface area (Å²) in [5.74, 6) is -0.762. The second kappa shape index (κ2) is 9.59. The molecule has 0 radical (unpaired) electrons. The van der Waals surface area contributed by atoms with Crippen LogP contribution in [0.25, 0.3) is 6.08 Å². The highest BCUT2D eigenvalue weighted by molar-refractivity contribution is 5.93. The lowest BCUT2D eigenvalue weighted by molar-refractivity contribution is -0.137. The van der Waals surface area contributed by atoms with Gasteiger partial charge in [0.25, 0.3) is 11.8 Å². The first kappa shape index (κ1) is 21.0. The van der Waals surface area contributed by atoms with Crippen molar-refractivity contribution in [2.75, 3.05) is 6.61 Å². The van der Waals surface area contributed by atoms with Crippen LogP contribution in [-0.4, -0.2) is 18.4 Å². The van der Waals surface area contributed by atoms with Gasteiger partial charge in [0.15, 0.2) is 6.61 Å². The number of hydrogen-bond acceptors (Lipinski definition) is 3. The first-order valence-electron chi connectivity index (χ1n) is 8.44. The van der Waals surface area contributed by atoms with E-state index in [0.29, 0.717) is 5.75 Å². The average molecular weight is 392 g/mol. The number of amides is 2. The zero-order valence-corrected chi connectivity index (χ0v) is 15.0. The standard InChI is InChI=1S/C20H19F3N2O3/c1-2-14-6-9-17(10-7-14)28-13-19(27)25-24-18(26)11-8-15-4-3-5-16(12-15)20(21,22)23/h3-12H,2,13H2,1H3,(H,24,26)(H,25,27)/b11-8+. The summed E-state index contributed by atoms with van der Waals surface area (Å²) < 4.78 is 43.2. The molecule has 0 fully saturated rings. The number of carbonyl (C=O) groups is 2. The van der Waals surface area contributed by atoms with Crippen LogP contribution in [0.3, 0.4) is 0 Å². The summed E-state index contributed by atoms with van der Waals surface area (Å²) in [6.45, 7) is 1.72. The van der Waals surface area contributed by atoms with Gasteiger partial charge in [-0.1, -0.05) is 31.2 Å². The first-order valence-corrected chi connectivity index (χ1v) is 8.44. The van der Waals surface area contributed by atoms with Crippen LogP contribution in [0, 0.1) is 0 Å². The predicted molar refractivity (Wildman–Crippen MR) is 98.1 cm³/mol. The Hall–Kier alpha value is -3.29. The molecule has 0 saturated carbocycles. The lowest BCUT2D eigenvalue weighted by Crippen LogP contribution is -2.43. The summed E-state index contributed by atoms with van der Waals surface area (Å²) in [5, 5.41) is 0. The fraction of sp³-hybridized carbons (Fsp3) is 0.200. The van der Waals surface area contributed by atoms with Crippen molar-refractivity contribution in [3.8, 4) is 5.75 Å². The first-order chi connectivity index (χ1) is 13.3. The highest BCUT2D eigenvalue weighted by atomic mass is 19.4. The lowest BCUT2D eigenvalue weighted by Gasteiger charge is -2.08. The third-order valence-electron chi connectivity index (χ3n) is 3.67. The number of hydrogen-bond donors (Lipinski definition) is 2. The Morgan fingerprint density at radius 1 is 1.07 bits per heavy atom. The predicted octanol–water partition coefficient (Wildman–Crippen LogP) is 3.51. The van der Waals surface area contributed by atoms with Gasteiger partial charge in [0, 0.05) is 6.08 Å². The molecule has 2 aromatic rings. The molecule has 0 aliphatic heterocycles. The molecule has 0 aromatic heterocycles. The van der Waals surface area contributed by atoms with E-state index in [9.17, 15) is 22.8 Å². The summed E-state index contributed by atoms with van der Waals surface area (Å²) >= 11 is 0. The van der Waals surface area contributed by atoms with E-state index in [1.54, 1.807) is 12.1 Å². The maximum Gasteiger partial charge on any atom is 0.416 e. The molecule has 0 unspecified atom stereocenters. The number of ether oxygens (including phenoxy) is 1. The van der Waals surface area contributed by atoms with E-state index in [0.717, 1.165) is 30.2 Å². The average Bonchev–Trinajstić information content (AvgIpc) is 2.69. The number of alkyl halides is 3. The Bertz CT molecular complexity index is 847. The van der Waals surface area contributed by atoms with Crippen LogP contribution in [0.4, 0.5) is 13.2 Å². The topological polar surface area (TPSA) is 67.4 Å². The van der Waals surface area contributed by atoms with E-state index in [-0.39, 0.29) is 12.2 Å². The van der Waals surface area contributed by atoms with Gasteiger partial charge in [-0.05, 0) is 47.9 Å². The largest absolute Gasteiger partial charge is 0.484 e.